The van der Waals surface area contributed by atoms with Crippen LogP contribution in [0.15, 0.2) is 0 Å². The topological polar surface area (TPSA) is 65.8 Å². The van der Waals surface area contributed by atoms with Gasteiger partial charge in [0.1, 0.15) is 0 Å². The van der Waals surface area contributed by atoms with Gasteiger partial charge in [-0.1, -0.05) is 0 Å². The summed E-state index contributed by atoms with van der Waals surface area (Å²) in [7, 11) is -3.41. The summed E-state index contributed by atoms with van der Waals surface area (Å²) in [6.07, 6.45) is 0. The molecule has 6 nitrogen and oxygen atoms in total. The Morgan fingerprint density at radius 1 is 1.14 bits per heavy atom. The SMILES string of the molecule is CCOP(=O)(OCC)C(C#N)N1CCN(C(C)(C)C)CC1. The van der Waals surface area contributed by atoms with Crippen molar-refractivity contribution in [2.75, 3.05) is 39.4 Å². The second-order valence-corrected chi connectivity index (χ2v) is 8.16. The summed E-state index contributed by atoms with van der Waals surface area (Å²) >= 11 is 0. The normalized spacial score (nSPS) is 20.2. The highest BCUT2D eigenvalue weighted by Gasteiger charge is 2.42. The van der Waals surface area contributed by atoms with Gasteiger partial charge in [0.05, 0.1) is 19.3 Å². The average Bonchev–Trinajstić information content (AvgIpc) is 2.39. The number of piperazine rings is 1. The van der Waals surface area contributed by atoms with E-state index < -0.39 is 13.4 Å². The van der Waals surface area contributed by atoms with Gasteiger partial charge in [0.25, 0.3) is 0 Å². The van der Waals surface area contributed by atoms with Gasteiger partial charge in [0, 0.05) is 31.7 Å². The van der Waals surface area contributed by atoms with Crippen molar-refractivity contribution in [2.45, 2.75) is 45.9 Å². The van der Waals surface area contributed by atoms with E-state index in [0.29, 0.717) is 13.1 Å². The minimum absolute atomic E-state index is 0.109. The Kier molecular flexibility index (Phi) is 6.83. The summed E-state index contributed by atoms with van der Waals surface area (Å²) in [4.78, 5) is 4.29. The monoisotopic (exact) mass is 317 g/mol. The molecule has 1 aliphatic heterocycles. The number of hydrogen-bond donors (Lipinski definition) is 0. The molecule has 122 valence electrons. The van der Waals surface area contributed by atoms with Gasteiger partial charge < -0.3 is 9.05 Å². The van der Waals surface area contributed by atoms with Gasteiger partial charge in [-0.2, -0.15) is 5.26 Å². The molecule has 0 spiro atoms. The lowest BCUT2D eigenvalue weighted by atomic mass is 10.1. The molecule has 7 heteroatoms. The third kappa shape index (κ3) is 4.77. The molecule has 1 saturated heterocycles. The van der Waals surface area contributed by atoms with Gasteiger partial charge in [0.15, 0.2) is 0 Å². The molecule has 0 aromatic heterocycles. The maximum atomic E-state index is 12.8. The fraction of sp³-hybridized carbons (Fsp3) is 0.929. The molecule has 0 saturated carbocycles. The van der Waals surface area contributed by atoms with Gasteiger partial charge in [-0.25, -0.2) is 0 Å². The maximum absolute atomic E-state index is 12.8. The van der Waals surface area contributed by atoms with Crippen LogP contribution in [0, 0.1) is 11.3 Å². The van der Waals surface area contributed by atoms with Gasteiger partial charge in [-0.3, -0.25) is 14.4 Å². The van der Waals surface area contributed by atoms with Crippen LogP contribution in [0.2, 0.25) is 0 Å². The highest BCUT2D eigenvalue weighted by Crippen LogP contribution is 2.54. The van der Waals surface area contributed by atoms with Crippen molar-refractivity contribution in [3.05, 3.63) is 0 Å². The van der Waals surface area contributed by atoms with Gasteiger partial charge >= 0.3 is 7.60 Å². The first-order valence-electron chi connectivity index (χ1n) is 7.56. The van der Waals surface area contributed by atoms with E-state index in [-0.39, 0.29) is 18.8 Å². The minimum atomic E-state index is -3.41. The summed E-state index contributed by atoms with van der Waals surface area (Å²) in [5.74, 6) is -0.820. The third-order valence-electron chi connectivity index (χ3n) is 3.64. The molecule has 1 aliphatic rings. The Morgan fingerprint density at radius 3 is 1.95 bits per heavy atom. The molecule has 0 aromatic carbocycles. The molecule has 1 atom stereocenters. The highest BCUT2D eigenvalue weighted by atomic mass is 31.2. The molecule has 1 fully saturated rings. The Morgan fingerprint density at radius 2 is 1.62 bits per heavy atom. The van der Waals surface area contributed by atoms with E-state index in [9.17, 15) is 9.83 Å². The van der Waals surface area contributed by atoms with E-state index >= 15 is 0 Å². The largest absolute Gasteiger partial charge is 0.362 e. The first-order valence-corrected chi connectivity index (χ1v) is 9.17. The molecule has 1 rings (SSSR count). The van der Waals surface area contributed by atoms with Gasteiger partial charge in [0.2, 0.25) is 5.78 Å². The molecule has 0 N–H and O–H groups in total. The Balaban J connectivity index is 2.78. The van der Waals surface area contributed by atoms with Gasteiger partial charge in [-0.05, 0) is 34.6 Å². The quantitative estimate of drug-likeness (QED) is 0.701. The number of rotatable bonds is 6. The van der Waals surface area contributed by atoms with Crippen LogP contribution in [0.3, 0.4) is 0 Å². The number of hydrogen-bond acceptors (Lipinski definition) is 6. The molecule has 0 aliphatic carbocycles. The summed E-state index contributed by atoms with van der Waals surface area (Å²) in [5, 5.41) is 9.46. The van der Waals surface area contributed by atoms with Crippen molar-refractivity contribution < 1.29 is 13.6 Å². The van der Waals surface area contributed by atoms with Crippen molar-refractivity contribution in [2.24, 2.45) is 0 Å². The summed E-state index contributed by atoms with van der Waals surface area (Å²) in [5.41, 5.74) is 0.109. The molecule has 0 aromatic rings. The van der Waals surface area contributed by atoms with Crippen molar-refractivity contribution in [1.82, 2.24) is 9.80 Å². The number of nitriles is 1. The van der Waals surface area contributed by atoms with Crippen LogP contribution in [-0.4, -0.2) is 60.5 Å². The fourth-order valence-electron chi connectivity index (χ4n) is 2.53. The van der Waals surface area contributed by atoms with Crippen LogP contribution < -0.4 is 0 Å². The zero-order valence-electron chi connectivity index (χ0n) is 13.8. The Labute approximate surface area is 128 Å². The zero-order valence-corrected chi connectivity index (χ0v) is 14.7. The van der Waals surface area contributed by atoms with Crippen molar-refractivity contribution in [3.8, 4) is 6.07 Å². The number of nitrogens with zero attached hydrogens (tertiary/aromatic N) is 3. The smallest absolute Gasteiger partial charge is 0.307 e. The van der Waals surface area contributed by atoms with Crippen LogP contribution in [0.25, 0.3) is 0 Å². The minimum Gasteiger partial charge on any atom is -0.307 e. The Bertz CT molecular complexity index is 399. The first kappa shape index (κ1) is 18.6. The van der Waals surface area contributed by atoms with Crippen molar-refractivity contribution >= 4 is 7.60 Å². The van der Waals surface area contributed by atoms with E-state index in [1.54, 1.807) is 13.8 Å². The van der Waals surface area contributed by atoms with Crippen molar-refractivity contribution in [3.63, 3.8) is 0 Å². The van der Waals surface area contributed by atoms with Crippen LogP contribution in [-0.2, 0) is 13.6 Å². The predicted molar refractivity (Wildman–Crippen MR) is 83.2 cm³/mol. The van der Waals surface area contributed by atoms with E-state index in [2.05, 4.69) is 31.7 Å². The average molecular weight is 317 g/mol. The predicted octanol–water partition coefficient (Wildman–Crippen LogP) is 2.52. The van der Waals surface area contributed by atoms with E-state index in [1.165, 1.54) is 0 Å². The van der Waals surface area contributed by atoms with Crippen LogP contribution >= 0.6 is 7.60 Å². The van der Waals surface area contributed by atoms with Crippen molar-refractivity contribution in [1.29, 1.82) is 5.26 Å². The van der Waals surface area contributed by atoms with E-state index in [0.717, 1.165) is 13.1 Å². The second-order valence-electron chi connectivity index (χ2n) is 6.07. The lowest BCUT2D eigenvalue weighted by molar-refractivity contribution is 0.0566. The molecular formula is C14H28N3O3P. The lowest BCUT2D eigenvalue weighted by Gasteiger charge is -2.43. The van der Waals surface area contributed by atoms with Crippen LogP contribution in [0.4, 0.5) is 0 Å². The molecule has 0 amide bonds. The van der Waals surface area contributed by atoms with Gasteiger partial charge in [-0.15, -0.1) is 0 Å². The van der Waals surface area contributed by atoms with E-state index in [1.807, 2.05) is 4.90 Å². The van der Waals surface area contributed by atoms with Crippen LogP contribution in [0.1, 0.15) is 34.6 Å². The first-order chi connectivity index (χ1) is 9.78. The highest BCUT2D eigenvalue weighted by molar-refractivity contribution is 7.54. The fourth-order valence-corrected chi connectivity index (χ4v) is 4.38. The van der Waals surface area contributed by atoms with Crippen LogP contribution in [0.5, 0.6) is 0 Å². The zero-order chi connectivity index (χ0) is 16.1. The standard InChI is InChI=1S/C14H28N3O3P/c1-6-19-21(18,20-7-2)13(12-15)16-8-10-17(11-9-16)14(3,4)5/h13H,6-11H2,1-5H3. The third-order valence-corrected chi connectivity index (χ3v) is 5.92. The maximum Gasteiger partial charge on any atom is 0.362 e. The Hall–Kier alpha value is -0.440. The summed E-state index contributed by atoms with van der Waals surface area (Å²) < 4.78 is 23.5. The molecule has 0 bridgehead atoms. The molecule has 1 heterocycles. The molecule has 21 heavy (non-hydrogen) atoms. The van der Waals surface area contributed by atoms with E-state index in [4.69, 9.17) is 9.05 Å². The second kappa shape index (κ2) is 7.71. The lowest BCUT2D eigenvalue weighted by Crippen LogP contribution is -2.55. The summed E-state index contributed by atoms with van der Waals surface area (Å²) in [6.45, 7) is 13.7. The molecular weight excluding hydrogens is 289 g/mol. The molecule has 0 radical (unpaired) electrons. The summed E-state index contributed by atoms with van der Waals surface area (Å²) in [6, 6.07) is 2.13. The molecule has 1 unspecified atom stereocenters.